The van der Waals surface area contributed by atoms with Gasteiger partial charge in [0.1, 0.15) is 6.33 Å². The summed E-state index contributed by atoms with van der Waals surface area (Å²) in [5.74, 6) is 0.346. The van der Waals surface area contributed by atoms with E-state index in [0.717, 1.165) is 0 Å². The zero-order valence-electron chi connectivity index (χ0n) is 9.25. The molecule has 0 aliphatic rings. The van der Waals surface area contributed by atoms with Crippen LogP contribution in [0.4, 0.5) is 5.95 Å². The summed E-state index contributed by atoms with van der Waals surface area (Å²) in [6.07, 6.45) is 1.50. The van der Waals surface area contributed by atoms with Crippen LogP contribution in [-0.4, -0.2) is 36.3 Å². The Bertz CT molecular complexity index is 514. The second-order valence-corrected chi connectivity index (χ2v) is 3.38. The van der Waals surface area contributed by atoms with E-state index in [1.807, 2.05) is 6.92 Å². The van der Waals surface area contributed by atoms with E-state index in [1.54, 1.807) is 7.05 Å². The van der Waals surface area contributed by atoms with Crippen LogP contribution in [0.15, 0.2) is 6.33 Å². The molecule has 90 valence electrons. The predicted octanol–water partition coefficient (Wildman–Crippen LogP) is 0.878. The van der Waals surface area contributed by atoms with Crippen LogP contribution in [0.1, 0.15) is 6.92 Å². The average molecular weight is 256 g/mol. The van der Waals surface area contributed by atoms with E-state index in [4.69, 9.17) is 16.3 Å². The third kappa shape index (κ3) is 3.00. The zero-order chi connectivity index (χ0) is 12.3. The first-order valence-corrected chi connectivity index (χ1v) is 5.24. The van der Waals surface area contributed by atoms with Crippen molar-refractivity contribution < 1.29 is 4.74 Å². The molecule has 1 N–H and O–H groups in total. The standard InChI is InChI=1S/C8H10ClN7O/c1-3-10-6-12-5(9)13-8(14-6)17-7-11-4-16(2)15-7/h4H,3H2,1-2H3,(H,10,12,13,14). The molecule has 0 saturated heterocycles. The minimum Gasteiger partial charge on any atom is -0.387 e. The third-order valence-electron chi connectivity index (χ3n) is 1.68. The number of nitrogens with one attached hydrogen (secondary N) is 1. The van der Waals surface area contributed by atoms with Crippen molar-refractivity contribution >= 4 is 17.5 Å². The molecule has 0 saturated carbocycles. The first kappa shape index (κ1) is 11.5. The SMILES string of the molecule is CCNc1nc(Cl)nc(Oc2ncn(C)n2)n1. The Balaban J connectivity index is 2.20. The number of anilines is 1. The van der Waals surface area contributed by atoms with Gasteiger partial charge in [-0.3, -0.25) is 4.68 Å². The maximum atomic E-state index is 5.73. The summed E-state index contributed by atoms with van der Waals surface area (Å²) < 4.78 is 6.74. The molecule has 0 fully saturated rings. The lowest BCUT2D eigenvalue weighted by Gasteiger charge is -2.03. The van der Waals surface area contributed by atoms with E-state index in [1.165, 1.54) is 11.0 Å². The number of hydrogen-bond donors (Lipinski definition) is 1. The molecule has 0 amide bonds. The maximum absolute atomic E-state index is 5.73. The molecule has 0 aliphatic carbocycles. The van der Waals surface area contributed by atoms with Gasteiger partial charge >= 0.3 is 12.0 Å². The highest BCUT2D eigenvalue weighted by Crippen LogP contribution is 2.15. The average Bonchev–Trinajstić information content (AvgIpc) is 2.63. The van der Waals surface area contributed by atoms with Crippen molar-refractivity contribution in [3.63, 3.8) is 0 Å². The van der Waals surface area contributed by atoms with Gasteiger partial charge < -0.3 is 10.1 Å². The number of aromatic nitrogens is 6. The summed E-state index contributed by atoms with van der Waals surface area (Å²) >= 11 is 5.73. The molecular weight excluding hydrogens is 246 g/mol. The van der Waals surface area contributed by atoms with Crippen molar-refractivity contribution in [2.75, 3.05) is 11.9 Å². The van der Waals surface area contributed by atoms with Gasteiger partial charge in [0, 0.05) is 13.6 Å². The Labute approximate surface area is 102 Å². The van der Waals surface area contributed by atoms with Gasteiger partial charge in [-0.25, -0.2) is 0 Å². The minimum atomic E-state index is 0.0434. The Morgan fingerprint density at radius 2 is 2.18 bits per heavy atom. The molecule has 0 atom stereocenters. The van der Waals surface area contributed by atoms with E-state index in [9.17, 15) is 0 Å². The van der Waals surface area contributed by atoms with Crippen LogP contribution in [0.25, 0.3) is 0 Å². The van der Waals surface area contributed by atoms with Gasteiger partial charge in [0.25, 0.3) is 0 Å². The third-order valence-corrected chi connectivity index (χ3v) is 1.85. The molecular formula is C8H10ClN7O. The van der Waals surface area contributed by atoms with Crippen LogP contribution in [0.5, 0.6) is 12.0 Å². The maximum Gasteiger partial charge on any atom is 0.343 e. The van der Waals surface area contributed by atoms with Crippen LogP contribution in [0, 0.1) is 0 Å². The number of rotatable bonds is 4. The first-order chi connectivity index (χ1) is 8.17. The van der Waals surface area contributed by atoms with Crippen LogP contribution in [0.3, 0.4) is 0 Å². The number of nitrogens with zero attached hydrogens (tertiary/aromatic N) is 6. The van der Waals surface area contributed by atoms with Crippen molar-refractivity contribution in [2.45, 2.75) is 6.92 Å². The monoisotopic (exact) mass is 255 g/mol. The largest absolute Gasteiger partial charge is 0.387 e. The Morgan fingerprint density at radius 3 is 2.82 bits per heavy atom. The molecule has 2 aromatic heterocycles. The van der Waals surface area contributed by atoms with Gasteiger partial charge in [-0.15, -0.1) is 5.10 Å². The second kappa shape index (κ2) is 4.91. The molecule has 17 heavy (non-hydrogen) atoms. The molecule has 2 rings (SSSR count). The Hall–Kier alpha value is -1.96. The number of hydrogen-bond acceptors (Lipinski definition) is 7. The summed E-state index contributed by atoms with van der Waals surface area (Å²) in [6.45, 7) is 2.58. The normalized spacial score (nSPS) is 10.3. The van der Waals surface area contributed by atoms with Gasteiger partial charge in [-0.05, 0) is 18.5 Å². The van der Waals surface area contributed by atoms with Crippen LogP contribution in [-0.2, 0) is 7.05 Å². The fourth-order valence-electron chi connectivity index (χ4n) is 1.06. The fourth-order valence-corrected chi connectivity index (χ4v) is 1.22. The molecule has 0 bridgehead atoms. The highest BCUT2D eigenvalue weighted by Gasteiger charge is 2.08. The van der Waals surface area contributed by atoms with Gasteiger partial charge in [0.2, 0.25) is 11.2 Å². The van der Waals surface area contributed by atoms with E-state index in [-0.39, 0.29) is 17.3 Å². The topological polar surface area (TPSA) is 90.6 Å². The first-order valence-electron chi connectivity index (χ1n) is 4.86. The lowest BCUT2D eigenvalue weighted by molar-refractivity contribution is 0.404. The highest BCUT2D eigenvalue weighted by molar-refractivity contribution is 6.28. The lowest BCUT2D eigenvalue weighted by Crippen LogP contribution is -2.05. The van der Waals surface area contributed by atoms with Crippen molar-refractivity contribution in [2.24, 2.45) is 7.05 Å². The van der Waals surface area contributed by atoms with Gasteiger partial charge in [0.05, 0.1) is 0 Å². The smallest absolute Gasteiger partial charge is 0.343 e. The fraction of sp³-hybridized carbons (Fsp3) is 0.375. The predicted molar refractivity (Wildman–Crippen MR) is 60.1 cm³/mol. The molecule has 0 aliphatic heterocycles. The summed E-state index contributed by atoms with van der Waals surface area (Å²) in [4.78, 5) is 15.6. The lowest BCUT2D eigenvalue weighted by atomic mass is 10.7. The van der Waals surface area contributed by atoms with Gasteiger partial charge in [-0.1, -0.05) is 0 Å². The van der Waals surface area contributed by atoms with E-state index >= 15 is 0 Å². The molecule has 0 unspecified atom stereocenters. The summed E-state index contributed by atoms with van der Waals surface area (Å²) in [5, 5.41) is 6.88. The second-order valence-electron chi connectivity index (χ2n) is 3.04. The summed E-state index contributed by atoms with van der Waals surface area (Å²) in [6, 6.07) is 0.198. The summed E-state index contributed by atoms with van der Waals surface area (Å²) in [7, 11) is 1.73. The van der Waals surface area contributed by atoms with Crippen molar-refractivity contribution in [3.05, 3.63) is 11.6 Å². The molecule has 2 aromatic rings. The number of aryl methyl sites for hydroxylation is 1. The van der Waals surface area contributed by atoms with Crippen molar-refractivity contribution in [1.82, 2.24) is 29.7 Å². The van der Waals surface area contributed by atoms with E-state index in [0.29, 0.717) is 12.5 Å². The van der Waals surface area contributed by atoms with Crippen LogP contribution in [0.2, 0.25) is 5.28 Å². The molecule has 9 heteroatoms. The van der Waals surface area contributed by atoms with Crippen LogP contribution >= 0.6 is 11.6 Å². The zero-order valence-corrected chi connectivity index (χ0v) is 10.0. The molecule has 0 radical (unpaired) electrons. The van der Waals surface area contributed by atoms with E-state index in [2.05, 4.69) is 30.4 Å². The van der Waals surface area contributed by atoms with E-state index < -0.39 is 0 Å². The quantitative estimate of drug-likeness (QED) is 0.867. The molecule has 0 aromatic carbocycles. The number of ether oxygens (including phenoxy) is 1. The van der Waals surface area contributed by atoms with Crippen molar-refractivity contribution in [1.29, 1.82) is 0 Å². The van der Waals surface area contributed by atoms with Crippen molar-refractivity contribution in [3.8, 4) is 12.0 Å². The molecule has 0 spiro atoms. The highest BCUT2D eigenvalue weighted by atomic mass is 35.5. The Morgan fingerprint density at radius 1 is 1.35 bits per heavy atom. The minimum absolute atomic E-state index is 0.0434. The van der Waals surface area contributed by atoms with Crippen LogP contribution < -0.4 is 10.1 Å². The van der Waals surface area contributed by atoms with Gasteiger partial charge in [0.15, 0.2) is 0 Å². The summed E-state index contributed by atoms with van der Waals surface area (Å²) in [5.41, 5.74) is 0. The number of halogens is 1. The Kier molecular flexibility index (Phi) is 3.33. The van der Waals surface area contributed by atoms with Gasteiger partial charge in [-0.2, -0.15) is 19.9 Å². The molecule has 8 nitrogen and oxygen atoms in total. The molecule has 2 heterocycles.